The maximum atomic E-state index is 12.1. The van der Waals surface area contributed by atoms with Crippen LogP contribution in [0, 0.1) is 6.92 Å². The fraction of sp³-hybridized carbons (Fsp3) is 0.250. The minimum absolute atomic E-state index is 0.101. The van der Waals surface area contributed by atoms with Gasteiger partial charge in [-0.25, -0.2) is 9.59 Å². The van der Waals surface area contributed by atoms with E-state index in [0.29, 0.717) is 11.4 Å². The van der Waals surface area contributed by atoms with Gasteiger partial charge in [0.2, 0.25) is 5.91 Å². The molecular formula is C20H21NO6. The SMILES string of the molecule is COC(=O)c1cc(NC(=O)CCOc2ccc(C)cc2)cc(C(=O)OC)c1. The van der Waals surface area contributed by atoms with E-state index >= 15 is 0 Å². The third-order valence-electron chi connectivity index (χ3n) is 3.68. The quantitative estimate of drug-likeness (QED) is 0.753. The predicted octanol–water partition coefficient (Wildman–Crippen LogP) is 2.98. The number of nitrogens with one attached hydrogen (secondary N) is 1. The first-order valence-electron chi connectivity index (χ1n) is 8.24. The molecule has 2 aromatic carbocycles. The topological polar surface area (TPSA) is 90.9 Å². The van der Waals surface area contributed by atoms with Gasteiger partial charge in [-0.1, -0.05) is 17.7 Å². The molecule has 7 heteroatoms. The molecule has 0 fully saturated rings. The Morgan fingerprint density at radius 2 is 1.44 bits per heavy atom. The molecular weight excluding hydrogens is 350 g/mol. The summed E-state index contributed by atoms with van der Waals surface area (Å²) in [4.78, 5) is 35.7. The first-order chi connectivity index (χ1) is 12.9. The molecule has 1 amide bonds. The summed E-state index contributed by atoms with van der Waals surface area (Å²) in [5, 5.41) is 2.64. The van der Waals surface area contributed by atoms with Crippen LogP contribution in [0.1, 0.15) is 32.7 Å². The van der Waals surface area contributed by atoms with Gasteiger partial charge in [-0.05, 0) is 37.3 Å². The summed E-state index contributed by atoms with van der Waals surface area (Å²) < 4.78 is 14.8. The van der Waals surface area contributed by atoms with Gasteiger partial charge < -0.3 is 19.5 Å². The van der Waals surface area contributed by atoms with Crippen molar-refractivity contribution >= 4 is 23.5 Å². The van der Waals surface area contributed by atoms with Crippen molar-refractivity contribution in [2.24, 2.45) is 0 Å². The van der Waals surface area contributed by atoms with Crippen LogP contribution in [0.15, 0.2) is 42.5 Å². The highest BCUT2D eigenvalue weighted by Crippen LogP contribution is 2.17. The molecule has 0 saturated heterocycles. The summed E-state index contributed by atoms with van der Waals surface area (Å²) in [6.45, 7) is 2.16. The van der Waals surface area contributed by atoms with Crippen LogP contribution in [0.25, 0.3) is 0 Å². The van der Waals surface area contributed by atoms with Crippen LogP contribution in [0.3, 0.4) is 0 Å². The molecule has 0 unspecified atom stereocenters. The Morgan fingerprint density at radius 3 is 1.96 bits per heavy atom. The molecule has 142 valence electrons. The molecule has 2 aromatic rings. The van der Waals surface area contributed by atoms with E-state index in [4.69, 9.17) is 4.74 Å². The lowest BCUT2D eigenvalue weighted by atomic mass is 10.1. The van der Waals surface area contributed by atoms with Crippen LogP contribution < -0.4 is 10.1 Å². The Balaban J connectivity index is 2.01. The lowest BCUT2D eigenvalue weighted by molar-refractivity contribution is -0.116. The first kappa shape index (κ1) is 20.0. The highest BCUT2D eigenvalue weighted by atomic mass is 16.5. The largest absolute Gasteiger partial charge is 0.493 e. The van der Waals surface area contributed by atoms with Crippen LogP contribution in [-0.4, -0.2) is 38.7 Å². The van der Waals surface area contributed by atoms with E-state index in [1.807, 2.05) is 31.2 Å². The Hall–Kier alpha value is -3.35. The molecule has 0 spiro atoms. The number of benzene rings is 2. The molecule has 0 heterocycles. The predicted molar refractivity (Wildman–Crippen MR) is 99.0 cm³/mol. The molecule has 0 radical (unpaired) electrons. The van der Waals surface area contributed by atoms with E-state index in [1.165, 1.54) is 32.4 Å². The maximum absolute atomic E-state index is 12.1. The minimum atomic E-state index is -0.626. The summed E-state index contributed by atoms with van der Waals surface area (Å²) in [5.74, 6) is -0.896. The number of amides is 1. The van der Waals surface area contributed by atoms with Crippen molar-refractivity contribution in [3.63, 3.8) is 0 Å². The van der Waals surface area contributed by atoms with Crippen molar-refractivity contribution in [1.29, 1.82) is 0 Å². The number of anilines is 1. The highest BCUT2D eigenvalue weighted by Gasteiger charge is 2.15. The zero-order chi connectivity index (χ0) is 19.8. The zero-order valence-electron chi connectivity index (χ0n) is 15.4. The van der Waals surface area contributed by atoms with Crippen molar-refractivity contribution in [2.45, 2.75) is 13.3 Å². The smallest absolute Gasteiger partial charge is 0.337 e. The Kier molecular flexibility index (Phi) is 6.93. The van der Waals surface area contributed by atoms with Crippen molar-refractivity contribution < 1.29 is 28.6 Å². The number of ether oxygens (including phenoxy) is 3. The molecule has 0 bridgehead atoms. The minimum Gasteiger partial charge on any atom is -0.493 e. The number of hydrogen-bond donors (Lipinski definition) is 1. The first-order valence-corrected chi connectivity index (χ1v) is 8.24. The van der Waals surface area contributed by atoms with Gasteiger partial charge in [-0.15, -0.1) is 0 Å². The average molecular weight is 371 g/mol. The number of carbonyl (C=O) groups is 3. The van der Waals surface area contributed by atoms with Crippen molar-refractivity contribution in [3.05, 3.63) is 59.2 Å². The summed E-state index contributed by atoms with van der Waals surface area (Å²) in [7, 11) is 2.46. The van der Waals surface area contributed by atoms with Gasteiger partial charge in [0, 0.05) is 5.69 Å². The van der Waals surface area contributed by atoms with Crippen LogP contribution in [0.4, 0.5) is 5.69 Å². The number of esters is 2. The van der Waals surface area contributed by atoms with Gasteiger partial charge >= 0.3 is 11.9 Å². The summed E-state index contributed by atoms with van der Waals surface area (Å²) in [6, 6.07) is 11.7. The van der Waals surface area contributed by atoms with E-state index in [-0.39, 0.29) is 30.1 Å². The van der Waals surface area contributed by atoms with E-state index < -0.39 is 11.9 Å². The van der Waals surface area contributed by atoms with Crippen LogP contribution in [0.5, 0.6) is 5.75 Å². The van der Waals surface area contributed by atoms with Crippen molar-refractivity contribution in [1.82, 2.24) is 0 Å². The Labute approximate surface area is 157 Å². The summed E-state index contributed by atoms with van der Waals surface area (Å²) in [5.41, 5.74) is 1.67. The second-order valence-corrected chi connectivity index (χ2v) is 5.74. The molecule has 0 aliphatic carbocycles. The lowest BCUT2D eigenvalue weighted by Gasteiger charge is -2.10. The van der Waals surface area contributed by atoms with Gasteiger partial charge in [-0.2, -0.15) is 0 Å². The molecule has 0 saturated carbocycles. The highest BCUT2D eigenvalue weighted by molar-refractivity contribution is 5.99. The average Bonchev–Trinajstić information content (AvgIpc) is 2.67. The molecule has 2 rings (SSSR count). The summed E-state index contributed by atoms with van der Waals surface area (Å²) in [6.07, 6.45) is 0.101. The van der Waals surface area contributed by atoms with Gasteiger partial charge in [0.05, 0.1) is 38.4 Å². The van der Waals surface area contributed by atoms with Crippen molar-refractivity contribution in [3.8, 4) is 5.75 Å². The lowest BCUT2D eigenvalue weighted by Crippen LogP contribution is -2.16. The molecule has 0 aliphatic heterocycles. The normalized spacial score (nSPS) is 10.0. The zero-order valence-corrected chi connectivity index (χ0v) is 15.4. The molecule has 7 nitrogen and oxygen atoms in total. The van der Waals surface area contributed by atoms with Gasteiger partial charge in [0.15, 0.2) is 0 Å². The van der Waals surface area contributed by atoms with E-state index in [2.05, 4.69) is 14.8 Å². The van der Waals surface area contributed by atoms with Crippen LogP contribution in [-0.2, 0) is 14.3 Å². The standard InChI is InChI=1S/C20H21NO6/c1-13-4-6-17(7-5-13)27-9-8-18(22)21-16-11-14(19(23)25-2)10-15(12-16)20(24)26-3/h4-7,10-12H,8-9H2,1-3H3,(H,21,22). The van der Waals surface area contributed by atoms with Gasteiger partial charge in [0.1, 0.15) is 5.75 Å². The second-order valence-electron chi connectivity index (χ2n) is 5.74. The number of aryl methyl sites for hydroxylation is 1. The molecule has 27 heavy (non-hydrogen) atoms. The van der Waals surface area contributed by atoms with E-state index in [9.17, 15) is 14.4 Å². The number of carbonyl (C=O) groups excluding carboxylic acids is 3. The van der Waals surface area contributed by atoms with Crippen molar-refractivity contribution in [2.75, 3.05) is 26.1 Å². The van der Waals surface area contributed by atoms with E-state index in [0.717, 1.165) is 5.56 Å². The molecule has 1 N–H and O–H groups in total. The van der Waals surface area contributed by atoms with Crippen LogP contribution >= 0.6 is 0 Å². The third kappa shape index (κ3) is 5.85. The number of hydrogen-bond acceptors (Lipinski definition) is 6. The number of rotatable bonds is 7. The van der Waals surface area contributed by atoms with E-state index in [1.54, 1.807) is 0 Å². The molecule has 0 aliphatic rings. The number of methoxy groups -OCH3 is 2. The monoisotopic (exact) mass is 371 g/mol. The molecule has 0 aromatic heterocycles. The van der Waals surface area contributed by atoms with Gasteiger partial charge in [-0.3, -0.25) is 4.79 Å². The van der Waals surface area contributed by atoms with Gasteiger partial charge in [0.25, 0.3) is 0 Å². The van der Waals surface area contributed by atoms with Crippen LogP contribution in [0.2, 0.25) is 0 Å². The Morgan fingerprint density at radius 1 is 0.889 bits per heavy atom. The Bertz CT molecular complexity index is 795. The fourth-order valence-electron chi connectivity index (χ4n) is 2.29. The third-order valence-corrected chi connectivity index (χ3v) is 3.68. The maximum Gasteiger partial charge on any atom is 0.337 e. The molecule has 0 atom stereocenters. The fourth-order valence-corrected chi connectivity index (χ4v) is 2.29. The second kappa shape index (κ2) is 9.38. The summed E-state index contributed by atoms with van der Waals surface area (Å²) >= 11 is 0.